The van der Waals surface area contributed by atoms with Crippen molar-refractivity contribution in [1.82, 2.24) is 4.98 Å². The first-order valence-electron chi connectivity index (χ1n) is 4.26. The van der Waals surface area contributed by atoms with Gasteiger partial charge < -0.3 is 4.98 Å². The first kappa shape index (κ1) is 10.3. The van der Waals surface area contributed by atoms with Crippen LogP contribution in [0.3, 0.4) is 0 Å². The third kappa shape index (κ3) is 2.06. The zero-order valence-electron chi connectivity index (χ0n) is 7.61. The summed E-state index contributed by atoms with van der Waals surface area (Å²) >= 11 is 5.98. The highest BCUT2D eigenvalue weighted by Crippen LogP contribution is 2.27. The number of benzene rings is 1. The average molecular weight is 242 g/mol. The minimum Gasteiger partial charge on any atom is -0.360 e. The predicted molar refractivity (Wildman–Crippen MR) is 59.8 cm³/mol. The largest absolute Gasteiger partial charge is 0.360 e. The summed E-state index contributed by atoms with van der Waals surface area (Å²) in [4.78, 5) is 3.14. The molecule has 1 aromatic carbocycles. The Bertz CT molecular complexity index is 552. The SMILES string of the molecule is O=[SH](=O)c1c[nH]c(-c2ccccc2Cl)c1. The molecule has 5 heteroatoms. The summed E-state index contributed by atoms with van der Waals surface area (Å²) in [6, 6.07) is 8.82. The van der Waals surface area contributed by atoms with Gasteiger partial charge in [0.15, 0.2) is 10.7 Å². The van der Waals surface area contributed by atoms with Crippen LogP contribution >= 0.6 is 11.6 Å². The van der Waals surface area contributed by atoms with Crippen molar-refractivity contribution in [2.75, 3.05) is 0 Å². The van der Waals surface area contributed by atoms with Crippen LogP contribution in [0, 0.1) is 0 Å². The molecule has 0 unspecified atom stereocenters. The molecule has 0 spiro atoms. The van der Waals surface area contributed by atoms with Crippen LogP contribution in [0.25, 0.3) is 11.3 Å². The van der Waals surface area contributed by atoms with E-state index in [1.807, 2.05) is 18.2 Å². The standard InChI is InChI=1S/C10H8ClNO2S/c11-9-4-2-1-3-8(9)10-5-7(6-12-10)15(13)14/h1-6,12,15H. The fourth-order valence-electron chi connectivity index (χ4n) is 1.32. The molecule has 0 aliphatic heterocycles. The Morgan fingerprint density at radius 3 is 2.53 bits per heavy atom. The fraction of sp³-hybridized carbons (Fsp3) is 0. The number of thiol groups is 1. The van der Waals surface area contributed by atoms with Crippen LogP contribution in [0.5, 0.6) is 0 Å². The molecule has 0 atom stereocenters. The summed E-state index contributed by atoms with van der Waals surface area (Å²) in [5.74, 6) is 0. The summed E-state index contributed by atoms with van der Waals surface area (Å²) in [6.45, 7) is 0. The van der Waals surface area contributed by atoms with Gasteiger partial charge in [-0.15, -0.1) is 0 Å². The minimum absolute atomic E-state index is 0.264. The number of hydrogen-bond donors (Lipinski definition) is 2. The summed E-state index contributed by atoms with van der Waals surface area (Å²) in [5, 5.41) is 0.590. The second-order valence-electron chi connectivity index (χ2n) is 3.01. The van der Waals surface area contributed by atoms with Crippen molar-refractivity contribution in [3.63, 3.8) is 0 Å². The molecule has 78 valence electrons. The first-order chi connectivity index (χ1) is 7.18. The fourth-order valence-corrected chi connectivity index (χ4v) is 1.97. The van der Waals surface area contributed by atoms with Gasteiger partial charge in [0.25, 0.3) is 0 Å². The highest BCUT2D eigenvalue weighted by molar-refractivity contribution is 7.72. The van der Waals surface area contributed by atoms with E-state index in [4.69, 9.17) is 11.6 Å². The second kappa shape index (κ2) is 4.08. The van der Waals surface area contributed by atoms with Gasteiger partial charge in [0.05, 0.1) is 4.90 Å². The van der Waals surface area contributed by atoms with E-state index in [2.05, 4.69) is 4.98 Å². The molecule has 15 heavy (non-hydrogen) atoms. The van der Waals surface area contributed by atoms with Crippen LogP contribution in [0.2, 0.25) is 5.02 Å². The molecular weight excluding hydrogens is 234 g/mol. The highest BCUT2D eigenvalue weighted by atomic mass is 35.5. The van der Waals surface area contributed by atoms with Crippen molar-refractivity contribution in [3.8, 4) is 11.3 Å². The number of aromatic amines is 1. The van der Waals surface area contributed by atoms with Crippen molar-refractivity contribution in [2.24, 2.45) is 0 Å². The van der Waals surface area contributed by atoms with Crippen molar-refractivity contribution < 1.29 is 8.42 Å². The second-order valence-corrected chi connectivity index (χ2v) is 4.45. The number of rotatable bonds is 2. The quantitative estimate of drug-likeness (QED) is 0.793. The Kier molecular flexibility index (Phi) is 2.79. The van der Waals surface area contributed by atoms with E-state index in [1.54, 1.807) is 12.1 Å². The van der Waals surface area contributed by atoms with Gasteiger partial charge >= 0.3 is 0 Å². The van der Waals surface area contributed by atoms with Gasteiger partial charge in [-0.25, -0.2) is 8.42 Å². The highest BCUT2D eigenvalue weighted by Gasteiger charge is 2.06. The maximum Gasteiger partial charge on any atom is 0.169 e. The topological polar surface area (TPSA) is 49.9 Å². The lowest BCUT2D eigenvalue weighted by Crippen LogP contribution is -1.77. The molecule has 1 aromatic heterocycles. The zero-order valence-corrected chi connectivity index (χ0v) is 9.26. The lowest BCUT2D eigenvalue weighted by molar-refractivity contribution is 0.614. The Labute approximate surface area is 93.7 Å². The van der Waals surface area contributed by atoms with Crippen LogP contribution in [-0.4, -0.2) is 13.4 Å². The molecule has 0 aliphatic carbocycles. The van der Waals surface area contributed by atoms with E-state index < -0.39 is 10.7 Å². The molecule has 1 N–H and O–H groups in total. The monoisotopic (exact) mass is 241 g/mol. The van der Waals surface area contributed by atoms with Crippen LogP contribution in [0.1, 0.15) is 0 Å². The molecule has 2 aromatic rings. The Morgan fingerprint density at radius 1 is 1.20 bits per heavy atom. The molecule has 0 amide bonds. The van der Waals surface area contributed by atoms with Crippen LogP contribution in [-0.2, 0) is 10.7 Å². The molecule has 3 nitrogen and oxygen atoms in total. The summed E-state index contributed by atoms with van der Waals surface area (Å²) < 4.78 is 21.4. The molecule has 0 aliphatic rings. The van der Waals surface area contributed by atoms with Crippen LogP contribution in [0.15, 0.2) is 41.4 Å². The lowest BCUT2D eigenvalue weighted by atomic mass is 10.1. The molecule has 2 rings (SSSR count). The zero-order chi connectivity index (χ0) is 10.8. The smallest absolute Gasteiger partial charge is 0.169 e. The van der Waals surface area contributed by atoms with Crippen molar-refractivity contribution >= 4 is 22.3 Å². The van der Waals surface area contributed by atoms with E-state index in [9.17, 15) is 8.42 Å². The van der Waals surface area contributed by atoms with Gasteiger partial charge in [0, 0.05) is 22.5 Å². The Balaban J connectivity index is 2.51. The van der Waals surface area contributed by atoms with E-state index >= 15 is 0 Å². The number of aromatic nitrogens is 1. The number of nitrogens with one attached hydrogen (secondary N) is 1. The van der Waals surface area contributed by atoms with E-state index in [-0.39, 0.29) is 4.90 Å². The van der Waals surface area contributed by atoms with E-state index in [0.717, 1.165) is 5.56 Å². The molecule has 0 saturated heterocycles. The van der Waals surface area contributed by atoms with Crippen molar-refractivity contribution in [2.45, 2.75) is 4.90 Å². The third-order valence-corrected chi connectivity index (χ3v) is 3.05. The minimum atomic E-state index is -2.55. The summed E-state index contributed by atoms with van der Waals surface area (Å²) in [6.07, 6.45) is 1.45. The van der Waals surface area contributed by atoms with Gasteiger partial charge in [-0.1, -0.05) is 29.8 Å². The van der Waals surface area contributed by atoms with Gasteiger partial charge in [0.2, 0.25) is 0 Å². The van der Waals surface area contributed by atoms with E-state index in [1.165, 1.54) is 6.20 Å². The molecule has 0 saturated carbocycles. The molecular formula is C10H8ClNO2S. The molecule has 0 radical (unpaired) electrons. The molecule has 0 fully saturated rings. The van der Waals surface area contributed by atoms with Gasteiger partial charge in [-0.3, -0.25) is 0 Å². The first-order valence-corrected chi connectivity index (χ1v) is 5.82. The summed E-state index contributed by atoms with van der Waals surface area (Å²) in [5.41, 5.74) is 1.50. The maximum atomic E-state index is 10.7. The maximum absolute atomic E-state index is 10.7. The molecule has 0 bridgehead atoms. The Hall–Kier alpha value is -1.26. The normalized spacial score (nSPS) is 10.8. The van der Waals surface area contributed by atoms with E-state index in [0.29, 0.717) is 10.7 Å². The average Bonchev–Trinajstić information content (AvgIpc) is 2.67. The lowest BCUT2D eigenvalue weighted by Gasteiger charge is -1.99. The molecule has 1 heterocycles. The van der Waals surface area contributed by atoms with Crippen LogP contribution in [0.4, 0.5) is 0 Å². The van der Waals surface area contributed by atoms with Crippen molar-refractivity contribution in [3.05, 3.63) is 41.6 Å². The number of H-pyrrole nitrogens is 1. The van der Waals surface area contributed by atoms with Gasteiger partial charge in [-0.05, 0) is 12.1 Å². The predicted octanol–water partition coefficient (Wildman–Crippen LogP) is 2.31. The van der Waals surface area contributed by atoms with Crippen LogP contribution < -0.4 is 0 Å². The third-order valence-electron chi connectivity index (χ3n) is 2.04. The van der Waals surface area contributed by atoms with Crippen molar-refractivity contribution in [1.29, 1.82) is 0 Å². The van der Waals surface area contributed by atoms with Gasteiger partial charge in [-0.2, -0.15) is 0 Å². The number of hydrogen-bond acceptors (Lipinski definition) is 2. The van der Waals surface area contributed by atoms with Gasteiger partial charge in [0.1, 0.15) is 0 Å². The summed E-state index contributed by atoms with van der Waals surface area (Å²) in [7, 11) is -2.55. The Morgan fingerprint density at radius 2 is 1.93 bits per heavy atom. The number of halogens is 1.